The standard InChI is InChI=1S/C22H25N5O2/c1-5-26(13-14(2)3)22(28)17-7-6-8-18(11-17)27-20(16-9-10-16)12-19(25-27)21-24-23-15(4)29-21/h6-8,11-12,16H,2,5,9-10,13H2,1,3-4H3. The van der Waals surface area contributed by atoms with Gasteiger partial charge in [-0.2, -0.15) is 5.10 Å². The molecular formula is C22H25N5O2. The molecule has 3 aromatic rings. The summed E-state index contributed by atoms with van der Waals surface area (Å²) in [6.45, 7) is 10.8. The molecule has 2 aromatic heterocycles. The van der Waals surface area contributed by atoms with Crippen LogP contribution in [-0.4, -0.2) is 43.9 Å². The number of benzene rings is 1. The van der Waals surface area contributed by atoms with Crippen LogP contribution in [0.1, 0.15) is 54.5 Å². The van der Waals surface area contributed by atoms with E-state index in [0.717, 1.165) is 29.8 Å². The number of amides is 1. The minimum absolute atomic E-state index is 0.00905. The predicted molar refractivity (Wildman–Crippen MR) is 110 cm³/mol. The lowest BCUT2D eigenvalue weighted by molar-refractivity contribution is 0.0778. The first kappa shape index (κ1) is 19.1. The van der Waals surface area contributed by atoms with E-state index in [2.05, 4.69) is 16.8 Å². The average Bonchev–Trinajstić information content (AvgIpc) is 3.31. The molecule has 0 N–H and O–H groups in total. The van der Waals surface area contributed by atoms with Gasteiger partial charge in [0.05, 0.1) is 5.69 Å². The van der Waals surface area contributed by atoms with Crippen LogP contribution in [0.5, 0.6) is 0 Å². The van der Waals surface area contributed by atoms with Crippen LogP contribution in [0.4, 0.5) is 0 Å². The summed E-state index contributed by atoms with van der Waals surface area (Å²) in [6.07, 6.45) is 2.27. The number of aryl methyl sites for hydroxylation is 1. The maximum Gasteiger partial charge on any atom is 0.268 e. The summed E-state index contributed by atoms with van der Waals surface area (Å²) >= 11 is 0. The van der Waals surface area contributed by atoms with Gasteiger partial charge < -0.3 is 9.32 Å². The molecule has 0 unspecified atom stereocenters. The maximum atomic E-state index is 13.0. The minimum Gasteiger partial charge on any atom is -0.420 e. The van der Waals surface area contributed by atoms with Gasteiger partial charge >= 0.3 is 0 Å². The zero-order chi connectivity index (χ0) is 20.5. The van der Waals surface area contributed by atoms with Crippen LogP contribution in [0.15, 0.2) is 46.9 Å². The Morgan fingerprint density at radius 2 is 2.10 bits per heavy atom. The number of carbonyl (C=O) groups is 1. The summed E-state index contributed by atoms with van der Waals surface area (Å²) in [7, 11) is 0. The molecule has 1 fully saturated rings. The van der Waals surface area contributed by atoms with Crippen molar-refractivity contribution in [2.45, 2.75) is 39.5 Å². The van der Waals surface area contributed by atoms with Crippen molar-refractivity contribution in [1.29, 1.82) is 0 Å². The fraction of sp³-hybridized carbons (Fsp3) is 0.364. The quantitative estimate of drug-likeness (QED) is 0.566. The second-order valence-electron chi connectivity index (χ2n) is 7.59. The molecule has 29 heavy (non-hydrogen) atoms. The van der Waals surface area contributed by atoms with E-state index in [1.54, 1.807) is 11.8 Å². The summed E-state index contributed by atoms with van der Waals surface area (Å²) in [6, 6.07) is 9.61. The highest BCUT2D eigenvalue weighted by atomic mass is 16.4. The Balaban J connectivity index is 1.70. The smallest absolute Gasteiger partial charge is 0.268 e. The third-order valence-electron chi connectivity index (χ3n) is 4.95. The fourth-order valence-electron chi connectivity index (χ4n) is 3.38. The highest BCUT2D eigenvalue weighted by molar-refractivity contribution is 5.95. The number of aromatic nitrogens is 4. The van der Waals surface area contributed by atoms with Gasteiger partial charge in [0.1, 0.15) is 5.69 Å². The van der Waals surface area contributed by atoms with Crippen LogP contribution in [0.3, 0.4) is 0 Å². The Kier molecular flexibility index (Phi) is 5.05. The first-order valence-electron chi connectivity index (χ1n) is 9.90. The number of likely N-dealkylation sites (N-methyl/N-ethyl adjacent to an activating group) is 1. The molecule has 1 saturated carbocycles. The van der Waals surface area contributed by atoms with E-state index in [1.807, 2.05) is 48.9 Å². The third-order valence-corrected chi connectivity index (χ3v) is 4.95. The molecule has 7 heteroatoms. The number of nitrogens with zero attached hydrogens (tertiary/aromatic N) is 5. The van der Waals surface area contributed by atoms with Crippen LogP contribution < -0.4 is 0 Å². The molecule has 1 aromatic carbocycles. The van der Waals surface area contributed by atoms with E-state index in [1.165, 1.54) is 0 Å². The number of rotatable bonds is 7. The molecule has 0 spiro atoms. The molecule has 0 saturated heterocycles. The molecule has 2 heterocycles. The molecule has 0 atom stereocenters. The Bertz CT molecular complexity index is 1060. The van der Waals surface area contributed by atoms with Crippen LogP contribution in [0.25, 0.3) is 17.3 Å². The Morgan fingerprint density at radius 3 is 2.72 bits per heavy atom. The molecule has 1 aliphatic rings. The molecule has 150 valence electrons. The predicted octanol–water partition coefficient (Wildman–Crippen LogP) is 4.15. The van der Waals surface area contributed by atoms with Crippen molar-refractivity contribution in [3.05, 3.63) is 59.6 Å². The second kappa shape index (κ2) is 7.66. The third kappa shape index (κ3) is 3.99. The molecule has 4 rings (SSSR count). The molecule has 0 bridgehead atoms. The van der Waals surface area contributed by atoms with E-state index >= 15 is 0 Å². The fourth-order valence-corrected chi connectivity index (χ4v) is 3.38. The number of carbonyl (C=O) groups excluding carboxylic acids is 1. The normalized spacial score (nSPS) is 13.5. The highest BCUT2D eigenvalue weighted by Crippen LogP contribution is 2.42. The van der Waals surface area contributed by atoms with Crippen molar-refractivity contribution >= 4 is 5.91 Å². The molecule has 1 aliphatic carbocycles. The van der Waals surface area contributed by atoms with Crippen LogP contribution >= 0.6 is 0 Å². The van der Waals surface area contributed by atoms with Crippen LogP contribution in [0, 0.1) is 6.92 Å². The number of hydrogen-bond donors (Lipinski definition) is 0. The summed E-state index contributed by atoms with van der Waals surface area (Å²) in [4.78, 5) is 14.8. The van der Waals surface area contributed by atoms with Crippen LogP contribution in [-0.2, 0) is 0 Å². The van der Waals surface area contributed by atoms with Crippen molar-refractivity contribution in [2.24, 2.45) is 0 Å². The Labute approximate surface area is 170 Å². The number of hydrogen-bond acceptors (Lipinski definition) is 5. The van der Waals surface area contributed by atoms with Gasteiger partial charge in [-0.25, -0.2) is 4.68 Å². The van der Waals surface area contributed by atoms with Gasteiger partial charge in [-0.3, -0.25) is 4.79 Å². The van der Waals surface area contributed by atoms with Gasteiger partial charge in [-0.15, -0.1) is 10.2 Å². The van der Waals surface area contributed by atoms with Crippen molar-refractivity contribution in [3.63, 3.8) is 0 Å². The molecule has 0 aliphatic heterocycles. The maximum absolute atomic E-state index is 13.0. The zero-order valence-corrected chi connectivity index (χ0v) is 17.1. The minimum atomic E-state index is -0.00905. The van der Waals surface area contributed by atoms with Crippen molar-refractivity contribution in [3.8, 4) is 17.3 Å². The first-order chi connectivity index (χ1) is 14.0. The lowest BCUT2D eigenvalue weighted by atomic mass is 10.1. The van der Waals surface area contributed by atoms with E-state index in [-0.39, 0.29) is 5.91 Å². The van der Waals surface area contributed by atoms with E-state index in [9.17, 15) is 4.79 Å². The topological polar surface area (TPSA) is 77.1 Å². The van der Waals surface area contributed by atoms with Crippen molar-refractivity contribution in [2.75, 3.05) is 13.1 Å². The Morgan fingerprint density at radius 1 is 1.31 bits per heavy atom. The SMILES string of the molecule is C=C(C)CN(CC)C(=O)c1cccc(-n2nc(-c3nnc(C)o3)cc2C2CC2)c1. The summed E-state index contributed by atoms with van der Waals surface area (Å²) in [5.41, 5.74) is 4.21. The molecule has 1 amide bonds. The van der Waals surface area contributed by atoms with Gasteiger partial charge in [0, 0.05) is 37.2 Å². The van der Waals surface area contributed by atoms with Crippen molar-refractivity contribution in [1.82, 2.24) is 24.9 Å². The van der Waals surface area contributed by atoms with Crippen molar-refractivity contribution < 1.29 is 9.21 Å². The van der Waals surface area contributed by atoms with E-state index < -0.39 is 0 Å². The lowest BCUT2D eigenvalue weighted by Crippen LogP contribution is -2.32. The van der Waals surface area contributed by atoms with Gasteiger partial charge in [0.25, 0.3) is 11.8 Å². The van der Waals surface area contributed by atoms with Gasteiger partial charge in [-0.05, 0) is 51.0 Å². The lowest BCUT2D eigenvalue weighted by Gasteiger charge is -2.21. The Hall–Kier alpha value is -3.22. The van der Waals surface area contributed by atoms with Gasteiger partial charge in [0.2, 0.25) is 5.89 Å². The summed E-state index contributed by atoms with van der Waals surface area (Å²) in [5.74, 6) is 1.38. The van der Waals surface area contributed by atoms with E-state index in [0.29, 0.717) is 42.0 Å². The zero-order valence-electron chi connectivity index (χ0n) is 17.1. The van der Waals surface area contributed by atoms with Gasteiger partial charge in [-0.1, -0.05) is 18.2 Å². The average molecular weight is 391 g/mol. The second-order valence-corrected chi connectivity index (χ2v) is 7.59. The van der Waals surface area contributed by atoms with E-state index in [4.69, 9.17) is 9.52 Å². The van der Waals surface area contributed by atoms with Crippen LogP contribution in [0.2, 0.25) is 0 Å². The molecular weight excluding hydrogens is 366 g/mol. The monoisotopic (exact) mass is 391 g/mol. The highest BCUT2D eigenvalue weighted by Gasteiger charge is 2.30. The molecule has 7 nitrogen and oxygen atoms in total. The molecule has 0 radical (unpaired) electrons. The first-order valence-corrected chi connectivity index (χ1v) is 9.90. The summed E-state index contributed by atoms with van der Waals surface area (Å²) in [5, 5.41) is 12.7. The largest absolute Gasteiger partial charge is 0.420 e. The summed E-state index contributed by atoms with van der Waals surface area (Å²) < 4.78 is 7.45. The van der Waals surface area contributed by atoms with Gasteiger partial charge in [0.15, 0.2) is 0 Å².